The van der Waals surface area contributed by atoms with Crippen LogP contribution in [0.15, 0.2) is 70.5 Å². The molecular formula is C28H25N7O2S. The van der Waals surface area contributed by atoms with Crippen LogP contribution >= 0.6 is 11.8 Å². The number of thioether (sulfide) groups is 1. The summed E-state index contributed by atoms with van der Waals surface area (Å²) in [6, 6.07) is 22.2. The number of nitrogen functional groups attached to an aromatic ring is 1. The summed E-state index contributed by atoms with van der Waals surface area (Å²) in [6.45, 7) is 4.17. The Bertz CT molecular complexity index is 1610. The highest BCUT2D eigenvalue weighted by molar-refractivity contribution is 7.99. The van der Waals surface area contributed by atoms with Gasteiger partial charge in [0.15, 0.2) is 0 Å². The molecule has 38 heavy (non-hydrogen) atoms. The van der Waals surface area contributed by atoms with E-state index in [1.165, 1.54) is 22.5 Å². The number of aromatic amines is 1. The summed E-state index contributed by atoms with van der Waals surface area (Å²) in [5, 5.41) is 25.6. The van der Waals surface area contributed by atoms with Crippen molar-refractivity contribution in [1.29, 1.82) is 10.5 Å². The predicted octanol–water partition coefficient (Wildman–Crippen LogP) is 4.80. The Morgan fingerprint density at radius 1 is 1.11 bits per heavy atom. The maximum atomic E-state index is 12.5. The first-order valence-electron chi connectivity index (χ1n) is 11.9. The fourth-order valence-electron chi connectivity index (χ4n) is 3.91. The molecule has 4 rings (SSSR count). The highest BCUT2D eigenvalue weighted by atomic mass is 32.2. The van der Waals surface area contributed by atoms with Crippen LogP contribution in [0.2, 0.25) is 0 Å². The summed E-state index contributed by atoms with van der Waals surface area (Å²) in [5.41, 5.74) is 9.10. The lowest BCUT2D eigenvalue weighted by molar-refractivity contribution is -0.115. The van der Waals surface area contributed by atoms with Crippen LogP contribution in [0.1, 0.15) is 42.9 Å². The molecule has 0 saturated heterocycles. The third-order valence-electron chi connectivity index (χ3n) is 5.86. The number of rotatable bonds is 8. The van der Waals surface area contributed by atoms with E-state index in [-0.39, 0.29) is 40.6 Å². The Morgan fingerprint density at radius 2 is 1.79 bits per heavy atom. The molecule has 2 aromatic carbocycles. The van der Waals surface area contributed by atoms with Gasteiger partial charge >= 0.3 is 0 Å². The van der Waals surface area contributed by atoms with Gasteiger partial charge in [-0.1, -0.05) is 56.3 Å². The summed E-state index contributed by atoms with van der Waals surface area (Å²) in [7, 11) is 0. The lowest BCUT2D eigenvalue weighted by Crippen LogP contribution is -2.14. The number of hydrogen-bond acceptors (Lipinski definition) is 7. The lowest BCUT2D eigenvalue weighted by Gasteiger charge is -2.14. The van der Waals surface area contributed by atoms with E-state index in [0.29, 0.717) is 33.5 Å². The Morgan fingerprint density at radius 3 is 2.42 bits per heavy atom. The number of hydrogen-bond donors (Lipinski definition) is 3. The van der Waals surface area contributed by atoms with Crippen molar-refractivity contribution in [3.8, 4) is 29.0 Å². The van der Waals surface area contributed by atoms with Crippen molar-refractivity contribution < 1.29 is 4.79 Å². The standard InChI is InChI=1S/C28H25N7O2S/c1-17(2)18-8-10-19(11-9-18)26-21(15-29)27(31)33-28(22(26)16-30)38-13-12-24(36)32-23-14-25(37)35(34-23)20-6-4-3-5-7-20/h3-11,14,17,34H,12-13H2,1-2H3,(H2,31,33)(H,32,36). The zero-order valence-corrected chi connectivity index (χ0v) is 21.7. The first-order valence-corrected chi connectivity index (χ1v) is 12.8. The van der Waals surface area contributed by atoms with Gasteiger partial charge in [-0.2, -0.15) is 10.5 Å². The molecule has 1 amide bonds. The van der Waals surface area contributed by atoms with E-state index in [1.54, 1.807) is 12.1 Å². The Labute approximate surface area is 223 Å². The van der Waals surface area contributed by atoms with Crippen molar-refractivity contribution >= 4 is 29.3 Å². The molecule has 0 unspecified atom stereocenters. The normalized spacial score (nSPS) is 10.7. The van der Waals surface area contributed by atoms with Crippen molar-refractivity contribution in [2.24, 2.45) is 0 Å². The van der Waals surface area contributed by atoms with Crippen LogP contribution in [0.25, 0.3) is 16.8 Å². The van der Waals surface area contributed by atoms with Gasteiger partial charge in [-0.15, -0.1) is 11.8 Å². The van der Waals surface area contributed by atoms with E-state index >= 15 is 0 Å². The molecule has 9 nitrogen and oxygen atoms in total. The Kier molecular flexibility index (Phi) is 7.95. The molecule has 0 fully saturated rings. The van der Waals surface area contributed by atoms with Crippen molar-refractivity contribution in [3.63, 3.8) is 0 Å². The topological polar surface area (TPSA) is 153 Å². The summed E-state index contributed by atoms with van der Waals surface area (Å²) in [6.07, 6.45) is 0.0914. The van der Waals surface area contributed by atoms with Gasteiger partial charge in [-0.05, 0) is 29.2 Å². The highest BCUT2D eigenvalue weighted by Gasteiger charge is 2.21. The molecule has 4 aromatic rings. The van der Waals surface area contributed by atoms with Crippen LogP contribution in [-0.2, 0) is 4.79 Å². The quantitative estimate of drug-likeness (QED) is 0.280. The number of nitrogens with one attached hydrogen (secondary N) is 2. The number of aromatic nitrogens is 3. The van der Waals surface area contributed by atoms with E-state index in [9.17, 15) is 20.1 Å². The number of carbonyl (C=O) groups is 1. The summed E-state index contributed by atoms with van der Waals surface area (Å²) >= 11 is 1.20. The molecule has 190 valence electrons. The number of benzene rings is 2. The number of amides is 1. The van der Waals surface area contributed by atoms with Gasteiger partial charge in [-0.3, -0.25) is 14.7 Å². The van der Waals surface area contributed by atoms with Gasteiger partial charge in [-0.25, -0.2) is 9.67 Å². The average molecular weight is 524 g/mol. The number of carbonyl (C=O) groups excluding carboxylic acids is 1. The first-order chi connectivity index (χ1) is 18.3. The van der Waals surface area contributed by atoms with E-state index < -0.39 is 0 Å². The second kappa shape index (κ2) is 11.5. The smallest absolute Gasteiger partial charge is 0.273 e. The molecule has 0 aliphatic rings. The minimum Gasteiger partial charge on any atom is -0.383 e. The number of para-hydroxylation sites is 1. The van der Waals surface area contributed by atoms with Gasteiger partial charge in [0, 0.05) is 23.8 Å². The zero-order valence-electron chi connectivity index (χ0n) is 20.9. The fourth-order valence-corrected chi connectivity index (χ4v) is 4.84. The SMILES string of the molecule is CC(C)c1ccc(-c2c(C#N)c(N)nc(SCCC(=O)Nc3cc(=O)n(-c4ccccc4)[nH]3)c2C#N)cc1. The molecule has 0 radical (unpaired) electrons. The van der Waals surface area contributed by atoms with Crippen molar-refractivity contribution in [2.45, 2.75) is 31.2 Å². The van der Waals surface area contributed by atoms with Crippen LogP contribution in [0.3, 0.4) is 0 Å². The average Bonchev–Trinajstić information content (AvgIpc) is 3.28. The van der Waals surface area contributed by atoms with E-state index in [0.717, 1.165) is 5.56 Å². The van der Waals surface area contributed by atoms with Gasteiger partial charge < -0.3 is 11.1 Å². The monoisotopic (exact) mass is 523 g/mol. The number of nitrogens with zero attached hydrogens (tertiary/aromatic N) is 4. The lowest BCUT2D eigenvalue weighted by atomic mass is 9.94. The fraction of sp³-hybridized carbons (Fsp3) is 0.179. The van der Waals surface area contributed by atoms with Gasteiger partial charge in [0.25, 0.3) is 5.56 Å². The molecule has 0 saturated carbocycles. The first kappa shape index (κ1) is 26.3. The number of nitrogens with two attached hydrogens (primary N) is 1. The number of H-pyrrole nitrogens is 1. The molecule has 2 aromatic heterocycles. The van der Waals surface area contributed by atoms with Gasteiger partial charge in [0.05, 0.1) is 11.3 Å². The third kappa shape index (κ3) is 5.61. The maximum absolute atomic E-state index is 12.5. The molecule has 0 aliphatic carbocycles. The van der Waals surface area contributed by atoms with Crippen molar-refractivity contribution in [3.05, 3.63) is 87.7 Å². The minimum atomic E-state index is -0.316. The summed E-state index contributed by atoms with van der Waals surface area (Å²) < 4.78 is 1.34. The molecule has 0 aliphatic heterocycles. The van der Waals surface area contributed by atoms with E-state index in [4.69, 9.17) is 5.73 Å². The molecule has 0 atom stereocenters. The third-order valence-corrected chi connectivity index (χ3v) is 6.84. The molecule has 10 heteroatoms. The highest BCUT2D eigenvalue weighted by Crippen LogP contribution is 2.36. The second-order valence-corrected chi connectivity index (χ2v) is 9.84. The number of nitriles is 2. The van der Waals surface area contributed by atoms with Crippen molar-refractivity contribution in [1.82, 2.24) is 14.8 Å². The largest absolute Gasteiger partial charge is 0.383 e. The van der Waals surface area contributed by atoms with Crippen molar-refractivity contribution in [2.75, 3.05) is 16.8 Å². The number of pyridine rings is 1. The maximum Gasteiger partial charge on any atom is 0.273 e. The predicted molar refractivity (Wildman–Crippen MR) is 148 cm³/mol. The zero-order chi connectivity index (χ0) is 27.2. The van der Waals surface area contributed by atoms with Crippen LogP contribution in [-0.4, -0.2) is 26.4 Å². The number of anilines is 2. The minimum absolute atomic E-state index is 0.0289. The molecule has 2 heterocycles. The van der Waals surface area contributed by atoms with E-state index in [2.05, 4.69) is 41.4 Å². The molecule has 4 N–H and O–H groups in total. The Balaban J connectivity index is 1.50. The molecule has 0 bridgehead atoms. The molecule has 0 spiro atoms. The summed E-state index contributed by atoms with van der Waals surface area (Å²) in [5.74, 6) is 0.627. The van der Waals surface area contributed by atoms with E-state index in [1.807, 2.05) is 42.5 Å². The Hall–Kier alpha value is -4.80. The van der Waals surface area contributed by atoms with Crippen LogP contribution in [0.5, 0.6) is 0 Å². The van der Waals surface area contributed by atoms with Crippen LogP contribution < -0.4 is 16.6 Å². The molecular weight excluding hydrogens is 498 g/mol. The van der Waals surface area contributed by atoms with Gasteiger partial charge in [0.2, 0.25) is 5.91 Å². The van der Waals surface area contributed by atoms with Crippen LogP contribution in [0.4, 0.5) is 11.6 Å². The van der Waals surface area contributed by atoms with Gasteiger partial charge in [0.1, 0.15) is 34.4 Å². The van der Waals surface area contributed by atoms with Crippen LogP contribution in [0, 0.1) is 22.7 Å². The second-order valence-electron chi connectivity index (χ2n) is 8.75. The summed E-state index contributed by atoms with van der Waals surface area (Å²) in [4.78, 5) is 29.1.